The topological polar surface area (TPSA) is 60.2 Å². The highest BCUT2D eigenvalue weighted by Gasteiger charge is 2.42. The average Bonchev–Trinajstić information content (AvgIpc) is 2.23. The third kappa shape index (κ3) is 3.87. The molecule has 2 N–H and O–H groups in total. The van der Waals surface area contributed by atoms with E-state index < -0.39 is 50.8 Å². The molecule has 1 aromatic rings. The van der Waals surface area contributed by atoms with E-state index in [1.54, 1.807) is 0 Å². The van der Waals surface area contributed by atoms with E-state index in [0.29, 0.717) is 12.1 Å². The van der Waals surface area contributed by atoms with Crippen LogP contribution in [-0.2, 0) is 9.84 Å². The fraction of sp³-hybridized carbons (Fsp3) is 0.400. The second-order valence-corrected chi connectivity index (χ2v) is 5.83. The molecule has 1 aromatic carbocycles. The lowest BCUT2D eigenvalue weighted by Crippen LogP contribution is -2.36. The third-order valence-electron chi connectivity index (χ3n) is 2.40. The molecule has 19 heavy (non-hydrogen) atoms. The molecule has 0 aliphatic carbocycles. The molecule has 1 rings (SSSR count). The molecule has 9 heteroatoms. The number of rotatable bonds is 4. The summed E-state index contributed by atoms with van der Waals surface area (Å²) in [5.74, 6) is -6.14. The predicted octanol–water partition coefficient (Wildman–Crippen LogP) is 1.88. The largest absolute Gasteiger partial charge is 0.394 e. The Labute approximate surface area is 106 Å². The van der Waals surface area contributed by atoms with Crippen LogP contribution in [-0.4, -0.2) is 26.9 Å². The first kappa shape index (κ1) is 15.8. The SMILES string of the molecule is NCC(CS(=O)(=O)c1ccc(F)cc1F)C(F)(F)F. The smallest absolute Gasteiger partial charge is 0.330 e. The Balaban J connectivity index is 3.11. The van der Waals surface area contributed by atoms with Crippen molar-refractivity contribution in [1.29, 1.82) is 0 Å². The lowest BCUT2D eigenvalue weighted by molar-refractivity contribution is -0.165. The van der Waals surface area contributed by atoms with E-state index in [2.05, 4.69) is 0 Å². The molecule has 1 atom stereocenters. The zero-order valence-corrected chi connectivity index (χ0v) is 10.2. The molecule has 108 valence electrons. The Bertz CT molecular complexity index is 556. The van der Waals surface area contributed by atoms with Crippen LogP contribution in [0, 0.1) is 17.6 Å². The average molecular weight is 303 g/mol. The van der Waals surface area contributed by atoms with Gasteiger partial charge < -0.3 is 5.73 Å². The highest BCUT2D eigenvalue weighted by molar-refractivity contribution is 7.91. The van der Waals surface area contributed by atoms with Gasteiger partial charge >= 0.3 is 6.18 Å². The van der Waals surface area contributed by atoms with Gasteiger partial charge in [-0.15, -0.1) is 0 Å². The van der Waals surface area contributed by atoms with Crippen LogP contribution >= 0.6 is 0 Å². The quantitative estimate of drug-likeness (QED) is 0.682. The third-order valence-corrected chi connectivity index (χ3v) is 4.24. The Kier molecular flexibility index (Phi) is 4.51. The van der Waals surface area contributed by atoms with E-state index in [1.807, 2.05) is 0 Å². The van der Waals surface area contributed by atoms with Gasteiger partial charge in [0.05, 0.1) is 11.7 Å². The van der Waals surface area contributed by atoms with Crippen molar-refractivity contribution in [3.05, 3.63) is 29.8 Å². The standard InChI is InChI=1S/C10H10F5NO2S/c11-7-1-2-9(8(12)3-7)19(17,18)5-6(4-16)10(13,14)15/h1-3,6H,4-5,16H2. The van der Waals surface area contributed by atoms with Crippen molar-refractivity contribution in [2.75, 3.05) is 12.3 Å². The van der Waals surface area contributed by atoms with Crippen LogP contribution in [0.4, 0.5) is 22.0 Å². The van der Waals surface area contributed by atoms with Gasteiger partial charge in [-0.2, -0.15) is 13.2 Å². The first-order chi connectivity index (χ1) is 8.58. The summed E-state index contributed by atoms with van der Waals surface area (Å²) in [7, 11) is -4.54. The molecule has 0 spiro atoms. The van der Waals surface area contributed by atoms with Gasteiger partial charge in [-0.3, -0.25) is 0 Å². The van der Waals surface area contributed by atoms with Crippen LogP contribution in [0.5, 0.6) is 0 Å². The summed E-state index contributed by atoms with van der Waals surface area (Å²) in [6, 6.07) is 1.53. The summed E-state index contributed by atoms with van der Waals surface area (Å²) in [4.78, 5) is -0.975. The summed E-state index contributed by atoms with van der Waals surface area (Å²) in [5.41, 5.74) is 4.87. The second kappa shape index (κ2) is 5.41. The van der Waals surface area contributed by atoms with Crippen LogP contribution in [0.1, 0.15) is 0 Å². The molecule has 0 amide bonds. The van der Waals surface area contributed by atoms with Crippen molar-refractivity contribution in [2.24, 2.45) is 11.7 Å². The molecular weight excluding hydrogens is 293 g/mol. The van der Waals surface area contributed by atoms with Crippen molar-refractivity contribution in [2.45, 2.75) is 11.1 Å². The number of alkyl halides is 3. The zero-order chi connectivity index (χ0) is 14.8. The molecule has 0 bridgehead atoms. The molecule has 0 fully saturated rings. The summed E-state index contributed by atoms with van der Waals surface area (Å²) in [6.07, 6.45) is -4.81. The van der Waals surface area contributed by atoms with Gasteiger partial charge in [0.1, 0.15) is 16.5 Å². The molecule has 3 nitrogen and oxygen atoms in total. The van der Waals surface area contributed by atoms with Gasteiger partial charge in [-0.05, 0) is 12.1 Å². The van der Waals surface area contributed by atoms with Crippen LogP contribution in [0.15, 0.2) is 23.1 Å². The fourth-order valence-corrected chi connectivity index (χ4v) is 3.04. The molecule has 0 heterocycles. The Morgan fingerprint density at radius 3 is 2.21 bits per heavy atom. The highest BCUT2D eigenvalue weighted by Crippen LogP contribution is 2.29. The normalized spacial score (nSPS) is 14.4. The number of hydrogen-bond donors (Lipinski definition) is 1. The van der Waals surface area contributed by atoms with Crippen molar-refractivity contribution in [3.8, 4) is 0 Å². The number of halogens is 5. The minimum atomic E-state index is -4.81. The fourth-order valence-electron chi connectivity index (χ4n) is 1.38. The monoisotopic (exact) mass is 303 g/mol. The molecule has 0 aliphatic heterocycles. The summed E-state index contributed by atoms with van der Waals surface area (Å²) >= 11 is 0. The molecule has 0 radical (unpaired) electrons. The number of hydrogen-bond acceptors (Lipinski definition) is 3. The summed E-state index contributed by atoms with van der Waals surface area (Å²) < 4.78 is 86.5. The van der Waals surface area contributed by atoms with E-state index in [1.165, 1.54) is 0 Å². The maximum Gasteiger partial charge on any atom is 0.394 e. The zero-order valence-electron chi connectivity index (χ0n) is 9.42. The van der Waals surface area contributed by atoms with E-state index in [0.717, 1.165) is 0 Å². The molecule has 1 unspecified atom stereocenters. The molecule has 0 aromatic heterocycles. The second-order valence-electron chi connectivity index (χ2n) is 3.83. The number of benzene rings is 1. The van der Waals surface area contributed by atoms with Gasteiger partial charge in [0.2, 0.25) is 0 Å². The minimum Gasteiger partial charge on any atom is -0.330 e. The number of sulfone groups is 1. The first-order valence-electron chi connectivity index (χ1n) is 5.02. The molecule has 0 saturated heterocycles. The van der Waals surface area contributed by atoms with Gasteiger partial charge in [-0.1, -0.05) is 0 Å². The summed E-state index contributed by atoms with van der Waals surface area (Å²) in [5, 5.41) is 0. The van der Waals surface area contributed by atoms with E-state index >= 15 is 0 Å². The van der Waals surface area contributed by atoms with Crippen molar-refractivity contribution >= 4 is 9.84 Å². The van der Waals surface area contributed by atoms with Crippen LogP contribution < -0.4 is 5.73 Å². The molecular formula is C10H10F5NO2S. The van der Waals surface area contributed by atoms with Crippen molar-refractivity contribution in [3.63, 3.8) is 0 Å². The van der Waals surface area contributed by atoms with E-state index in [-0.39, 0.29) is 6.07 Å². The van der Waals surface area contributed by atoms with Crippen molar-refractivity contribution in [1.82, 2.24) is 0 Å². The molecule has 0 saturated carbocycles. The van der Waals surface area contributed by atoms with Gasteiger partial charge in [0, 0.05) is 12.6 Å². The lowest BCUT2D eigenvalue weighted by Gasteiger charge is -2.18. The van der Waals surface area contributed by atoms with E-state index in [4.69, 9.17) is 5.73 Å². The summed E-state index contributed by atoms with van der Waals surface area (Å²) in [6.45, 7) is -0.939. The van der Waals surface area contributed by atoms with Crippen molar-refractivity contribution < 1.29 is 30.4 Å². The maximum atomic E-state index is 13.3. The van der Waals surface area contributed by atoms with Crippen LogP contribution in [0.25, 0.3) is 0 Å². The minimum absolute atomic E-state index is 0.290. The van der Waals surface area contributed by atoms with Gasteiger partial charge in [-0.25, -0.2) is 17.2 Å². The molecule has 0 aliphatic rings. The first-order valence-corrected chi connectivity index (χ1v) is 6.67. The van der Waals surface area contributed by atoms with E-state index in [9.17, 15) is 30.4 Å². The van der Waals surface area contributed by atoms with Crippen LogP contribution in [0.2, 0.25) is 0 Å². The van der Waals surface area contributed by atoms with Crippen LogP contribution in [0.3, 0.4) is 0 Å². The predicted molar refractivity (Wildman–Crippen MR) is 57.0 cm³/mol. The Morgan fingerprint density at radius 2 is 1.79 bits per heavy atom. The van der Waals surface area contributed by atoms with Gasteiger partial charge in [0.25, 0.3) is 0 Å². The lowest BCUT2D eigenvalue weighted by atomic mass is 10.2. The van der Waals surface area contributed by atoms with Gasteiger partial charge in [0.15, 0.2) is 9.84 Å². The highest BCUT2D eigenvalue weighted by atomic mass is 32.2. The Morgan fingerprint density at radius 1 is 1.21 bits per heavy atom. The maximum absolute atomic E-state index is 13.3. The Hall–Kier alpha value is -1.22. The number of nitrogens with two attached hydrogens (primary N) is 1.